The van der Waals surface area contributed by atoms with E-state index < -0.39 is 5.82 Å². The van der Waals surface area contributed by atoms with E-state index in [4.69, 9.17) is 16.7 Å². The van der Waals surface area contributed by atoms with Crippen LogP contribution < -0.4 is 0 Å². The first kappa shape index (κ1) is 12.1. The van der Waals surface area contributed by atoms with Gasteiger partial charge in [-0.3, -0.25) is 4.79 Å². The van der Waals surface area contributed by atoms with Gasteiger partial charge < -0.3 is 5.11 Å². The second-order valence-electron chi connectivity index (χ2n) is 3.29. The van der Waals surface area contributed by atoms with Crippen LogP contribution >= 0.6 is 11.6 Å². The molecule has 1 rings (SSSR count). The van der Waals surface area contributed by atoms with Gasteiger partial charge in [0.25, 0.3) is 0 Å². The zero-order valence-corrected chi connectivity index (χ0v) is 8.93. The fraction of sp³-hybridized carbons (Fsp3) is 0.364. The van der Waals surface area contributed by atoms with E-state index in [-0.39, 0.29) is 23.8 Å². The zero-order chi connectivity index (χ0) is 11.3. The van der Waals surface area contributed by atoms with Crippen LogP contribution in [-0.2, 0) is 11.2 Å². The number of carbonyl (C=O) groups excluding carboxylic acids is 1. The molecule has 0 aliphatic carbocycles. The molecule has 0 radical (unpaired) electrons. The molecule has 0 unspecified atom stereocenters. The lowest BCUT2D eigenvalue weighted by Crippen LogP contribution is -2.03. The first-order valence-corrected chi connectivity index (χ1v) is 5.07. The first-order chi connectivity index (χ1) is 7.13. The lowest BCUT2D eigenvalue weighted by Gasteiger charge is -2.01. The molecule has 1 aromatic carbocycles. The summed E-state index contributed by atoms with van der Waals surface area (Å²) in [4.78, 5) is 11.3. The highest BCUT2D eigenvalue weighted by molar-refractivity contribution is 6.30. The third-order valence-electron chi connectivity index (χ3n) is 2.00. The van der Waals surface area contributed by atoms with Crippen LogP contribution in [0, 0.1) is 5.82 Å². The fourth-order valence-electron chi connectivity index (χ4n) is 1.24. The number of halogens is 2. The van der Waals surface area contributed by atoms with Gasteiger partial charge in [0.2, 0.25) is 0 Å². The van der Waals surface area contributed by atoms with Gasteiger partial charge in [0.05, 0.1) is 5.02 Å². The highest BCUT2D eigenvalue weighted by Gasteiger charge is 2.06. The van der Waals surface area contributed by atoms with Crippen LogP contribution in [0.4, 0.5) is 4.39 Å². The molecule has 82 valence electrons. The summed E-state index contributed by atoms with van der Waals surface area (Å²) in [5.74, 6) is -0.519. The summed E-state index contributed by atoms with van der Waals surface area (Å²) in [5, 5.41) is 8.59. The van der Waals surface area contributed by atoms with Gasteiger partial charge in [0.15, 0.2) is 0 Å². The van der Waals surface area contributed by atoms with E-state index in [1.807, 2.05) is 0 Å². The summed E-state index contributed by atoms with van der Waals surface area (Å²) >= 11 is 5.51. The Balaban J connectivity index is 2.57. The average molecular weight is 231 g/mol. The topological polar surface area (TPSA) is 37.3 Å². The van der Waals surface area contributed by atoms with E-state index in [0.717, 1.165) is 0 Å². The first-order valence-electron chi connectivity index (χ1n) is 4.70. The minimum absolute atomic E-state index is 0.000713. The summed E-state index contributed by atoms with van der Waals surface area (Å²) in [6, 6.07) is 4.33. The minimum Gasteiger partial charge on any atom is -0.396 e. The SMILES string of the molecule is O=C(CCCO)Cc1ccc(Cl)c(F)c1. The van der Waals surface area contributed by atoms with Crippen LogP contribution in [0.5, 0.6) is 0 Å². The van der Waals surface area contributed by atoms with E-state index in [2.05, 4.69) is 0 Å². The molecule has 0 heterocycles. The number of aliphatic hydroxyl groups excluding tert-OH is 1. The largest absolute Gasteiger partial charge is 0.396 e. The maximum atomic E-state index is 13.0. The number of hydrogen-bond donors (Lipinski definition) is 1. The smallest absolute Gasteiger partial charge is 0.142 e. The van der Waals surface area contributed by atoms with Crippen molar-refractivity contribution >= 4 is 17.4 Å². The molecule has 4 heteroatoms. The zero-order valence-electron chi connectivity index (χ0n) is 8.17. The van der Waals surface area contributed by atoms with Gasteiger partial charge in [-0.2, -0.15) is 0 Å². The Morgan fingerprint density at radius 1 is 1.47 bits per heavy atom. The Bertz CT molecular complexity index is 352. The van der Waals surface area contributed by atoms with Gasteiger partial charge in [-0.25, -0.2) is 4.39 Å². The number of ketones is 1. The Kier molecular flexibility index (Phi) is 4.72. The van der Waals surface area contributed by atoms with E-state index in [1.165, 1.54) is 12.1 Å². The Hall–Kier alpha value is -0.930. The molecule has 0 saturated carbocycles. The quantitative estimate of drug-likeness (QED) is 0.843. The van der Waals surface area contributed by atoms with Gasteiger partial charge in [-0.1, -0.05) is 17.7 Å². The fourth-order valence-corrected chi connectivity index (χ4v) is 1.36. The van der Waals surface area contributed by atoms with Crippen LogP contribution in [0.1, 0.15) is 18.4 Å². The molecule has 0 aromatic heterocycles. The number of aliphatic hydroxyl groups is 1. The van der Waals surface area contributed by atoms with Gasteiger partial charge in [0.1, 0.15) is 11.6 Å². The third kappa shape index (κ3) is 3.98. The molecule has 0 bridgehead atoms. The molecule has 0 amide bonds. The van der Waals surface area contributed by atoms with Crippen molar-refractivity contribution in [3.05, 3.63) is 34.6 Å². The lowest BCUT2D eigenvalue weighted by atomic mass is 10.1. The van der Waals surface area contributed by atoms with Crippen molar-refractivity contribution in [1.29, 1.82) is 0 Å². The highest BCUT2D eigenvalue weighted by atomic mass is 35.5. The molecular weight excluding hydrogens is 219 g/mol. The van der Waals surface area contributed by atoms with Crippen molar-refractivity contribution < 1.29 is 14.3 Å². The lowest BCUT2D eigenvalue weighted by molar-refractivity contribution is -0.118. The summed E-state index contributed by atoms with van der Waals surface area (Å²) < 4.78 is 13.0. The molecule has 15 heavy (non-hydrogen) atoms. The second-order valence-corrected chi connectivity index (χ2v) is 3.70. The predicted octanol–water partition coefficient (Wildman–Crippen LogP) is 2.36. The molecule has 0 fully saturated rings. The maximum Gasteiger partial charge on any atom is 0.142 e. The predicted molar refractivity (Wildman–Crippen MR) is 56.4 cm³/mol. The van der Waals surface area contributed by atoms with Crippen LogP contribution in [0.25, 0.3) is 0 Å². The molecule has 1 N–H and O–H groups in total. The molecule has 0 atom stereocenters. The summed E-state index contributed by atoms with van der Waals surface area (Å²) in [6.07, 6.45) is 0.962. The van der Waals surface area contributed by atoms with Gasteiger partial charge in [-0.05, 0) is 24.1 Å². The van der Waals surface area contributed by atoms with Gasteiger partial charge >= 0.3 is 0 Å². The van der Waals surface area contributed by atoms with Crippen LogP contribution in [0.2, 0.25) is 5.02 Å². The van der Waals surface area contributed by atoms with Gasteiger partial charge in [0, 0.05) is 19.4 Å². The van der Waals surface area contributed by atoms with Crippen molar-refractivity contribution in [1.82, 2.24) is 0 Å². The van der Waals surface area contributed by atoms with Crippen molar-refractivity contribution in [2.24, 2.45) is 0 Å². The minimum atomic E-state index is -0.510. The second kappa shape index (κ2) is 5.83. The van der Waals surface area contributed by atoms with Crippen molar-refractivity contribution in [2.75, 3.05) is 6.61 Å². The molecule has 0 spiro atoms. The molecular formula is C11H12ClFO2. The summed E-state index contributed by atoms with van der Waals surface area (Å²) in [5.41, 5.74) is 0.611. The summed E-state index contributed by atoms with van der Waals surface area (Å²) in [6.45, 7) is 0.000713. The Labute approximate surface area is 92.7 Å². The van der Waals surface area contributed by atoms with Crippen molar-refractivity contribution in [3.8, 4) is 0 Å². The number of Topliss-reactive ketones (excluding diaryl/α,β-unsaturated/α-hetero) is 1. The highest BCUT2D eigenvalue weighted by Crippen LogP contribution is 2.16. The third-order valence-corrected chi connectivity index (χ3v) is 2.31. The van der Waals surface area contributed by atoms with Crippen LogP contribution in [-0.4, -0.2) is 17.5 Å². The number of hydrogen-bond acceptors (Lipinski definition) is 2. The van der Waals surface area contributed by atoms with E-state index in [0.29, 0.717) is 18.4 Å². The number of benzene rings is 1. The molecule has 1 aromatic rings. The molecule has 2 nitrogen and oxygen atoms in total. The monoisotopic (exact) mass is 230 g/mol. The van der Waals surface area contributed by atoms with E-state index >= 15 is 0 Å². The van der Waals surface area contributed by atoms with Crippen molar-refractivity contribution in [2.45, 2.75) is 19.3 Å². The van der Waals surface area contributed by atoms with E-state index in [1.54, 1.807) is 6.07 Å². The molecule has 0 aliphatic rings. The van der Waals surface area contributed by atoms with Crippen LogP contribution in [0.3, 0.4) is 0 Å². The standard InChI is InChI=1S/C11H12ClFO2/c12-10-4-3-8(7-11(10)13)6-9(15)2-1-5-14/h3-4,7,14H,1-2,5-6H2. The summed E-state index contributed by atoms with van der Waals surface area (Å²) in [7, 11) is 0. The Morgan fingerprint density at radius 3 is 2.80 bits per heavy atom. The molecule has 0 saturated heterocycles. The average Bonchev–Trinajstić information content (AvgIpc) is 2.20. The Morgan fingerprint density at radius 2 is 2.20 bits per heavy atom. The number of carbonyl (C=O) groups is 1. The normalized spacial score (nSPS) is 10.3. The number of rotatable bonds is 5. The van der Waals surface area contributed by atoms with Crippen LogP contribution in [0.15, 0.2) is 18.2 Å². The maximum absolute atomic E-state index is 13.0. The van der Waals surface area contributed by atoms with Gasteiger partial charge in [-0.15, -0.1) is 0 Å². The molecule has 0 aliphatic heterocycles. The van der Waals surface area contributed by atoms with E-state index in [9.17, 15) is 9.18 Å². The van der Waals surface area contributed by atoms with Crippen molar-refractivity contribution in [3.63, 3.8) is 0 Å².